The summed E-state index contributed by atoms with van der Waals surface area (Å²) in [5.74, 6) is 0. The van der Waals surface area contributed by atoms with E-state index in [1.165, 1.54) is 0 Å². The molecule has 6 heteroatoms. The summed E-state index contributed by atoms with van der Waals surface area (Å²) < 4.78 is 39.9. The van der Waals surface area contributed by atoms with E-state index >= 15 is 0 Å². The van der Waals surface area contributed by atoms with Gasteiger partial charge < -0.3 is 4.74 Å². The largest absolute Gasteiger partial charge is 0.447 e. The topological polar surface area (TPSA) is 29.5 Å². The van der Waals surface area contributed by atoms with Crippen LogP contribution >= 0.6 is 0 Å². The lowest BCUT2D eigenvalue weighted by atomic mass is 10.3. The van der Waals surface area contributed by atoms with Gasteiger partial charge in [-0.3, -0.25) is 4.90 Å². The molecule has 0 aromatic carbocycles. The molecular formula is C7H12F3NO2. The molecule has 0 aromatic rings. The number of alkyl halides is 3. The third-order valence-electron chi connectivity index (χ3n) is 1.50. The van der Waals surface area contributed by atoms with Crippen molar-refractivity contribution >= 4 is 6.09 Å². The number of cyclic esters (lactones) is 1. The Hall–Kier alpha value is -0.940. The second-order valence-electron chi connectivity index (χ2n) is 2.25. The average molecular weight is 199 g/mol. The van der Waals surface area contributed by atoms with Crippen molar-refractivity contribution in [2.75, 3.05) is 13.7 Å². The molecule has 3 nitrogen and oxygen atoms in total. The van der Waals surface area contributed by atoms with E-state index in [1.54, 1.807) is 0 Å². The van der Waals surface area contributed by atoms with Crippen LogP contribution in [0, 0.1) is 0 Å². The zero-order chi connectivity index (χ0) is 10.6. The standard InChI is InChI=1S/C5H6F3NO2.C2H6/c1-9-3(5(6,7)8)2-11-4(9)10;1-2/h3H,2H2,1H3;1-2H3. The fourth-order valence-corrected chi connectivity index (χ4v) is 0.805. The van der Waals surface area contributed by atoms with E-state index in [2.05, 4.69) is 4.74 Å². The van der Waals surface area contributed by atoms with Gasteiger partial charge in [-0.05, 0) is 0 Å². The van der Waals surface area contributed by atoms with Crippen molar-refractivity contribution in [2.45, 2.75) is 26.1 Å². The van der Waals surface area contributed by atoms with E-state index in [9.17, 15) is 18.0 Å². The van der Waals surface area contributed by atoms with Crippen LogP contribution in [0.3, 0.4) is 0 Å². The Morgan fingerprint density at radius 3 is 2.08 bits per heavy atom. The summed E-state index contributed by atoms with van der Waals surface area (Å²) in [6.07, 6.45) is -5.31. The first-order valence-electron chi connectivity index (χ1n) is 3.89. The van der Waals surface area contributed by atoms with Gasteiger partial charge in [-0.1, -0.05) is 13.8 Å². The number of hydrogen-bond donors (Lipinski definition) is 0. The molecule has 1 rings (SSSR count). The van der Waals surface area contributed by atoms with Crippen LogP contribution in [0.25, 0.3) is 0 Å². The van der Waals surface area contributed by atoms with Crippen LogP contribution in [0.1, 0.15) is 13.8 Å². The molecule has 78 valence electrons. The predicted octanol–water partition coefficient (Wildman–Crippen LogP) is 2.03. The van der Waals surface area contributed by atoms with Gasteiger partial charge in [-0.25, -0.2) is 4.79 Å². The van der Waals surface area contributed by atoms with Crippen molar-refractivity contribution in [3.8, 4) is 0 Å². The van der Waals surface area contributed by atoms with Crippen LogP contribution in [0.2, 0.25) is 0 Å². The van der Waals surface area contributed by atoms with Crippen LogP contribution in [-0.4, -0.2) is 36.9 Å². The summed E-state index contributed by atoms with van der Waals surface area (Å²) in [5.41, 5.74) is 0. The third kappa shape index (κ3) is 2.78. The molecule has 1 saturated heterocycles. The van der Waals surface area contributed by atoms with Crippen LogP contribution in [-0.2, 0) is 4.74 Å². The fraction of sp³-hybridized carbons (Fsp3) is 0.857. The summed E-state index contributed by atoms with van der Waals surface area (Å²) >= 11 is 0. The summed E-state index contributed by atoms with van der Waals surface area (Å²) in [4.78, 5) is 11.0. The van der Waals surface area contributed by atoms with Crippen molar-refractivity contribution in [1.29, 1.82) is 0 Å². The number of halogens is 3. The maximum atomic E-state index is 11.9. The molecule has 0 N–H and O–H groups in total. The van der Waals surface area contributed by atoms with Gasteiger partial charge in [-0.2, -0.15) is 13.2 Å². The van der Waals surface area contributed by atoms with Crippen molar-refractivity contribution in [1.82, 2.24) is 4.90 Å². The van der Waals surface area contributed by atoms with Crippen LogP contribution < -0.4 is 0 Å². The number of amides is 1. The zero-order valence-electron chi connectivity index (χ0n) is 7.68. The Morgan fingerprint density at radius 2 is 1.92 bits per heavy atom. The lowest BCUT2D eigenvalue weighted by Gasteiger charge is -2.18. The number of nitrogens with zero attached hydrogens (tertiary/aromatic N) is 1. The Bertz CT molecular complexity index is 181. The molecule has 1 fully saturated rings. The van der Waals surface area contributed by atoms with Gasteiger partial charge in [0, 0.05) is 7.05 Å². The van der Waals surface area contributed by atoms with E-state index in [0.29, 0.717) is 4.90 Å². The molecule has 1 aliphatic heterocycles. The van der Waals surface area contributed by atoms with Gasteiger partial charge in [0.15, 0.2) is 6.04 Å². The molecule has 13 heavy (non-hydrogen) atoms. The molecule has 0 bridgehead atoms. The van der Waals surface area contributed by atoms with Gasteiger partial charge in [0.2, 0.25) is 0 Å². The summed E-state index contributed by atoms with van der Waals surface area (Å²) in [5, 5.41) is 0. The first-order chi connectivity index (χ1) is 5.93. The van der Waals surface area contributed by atoms with Crippen LogP contribution in [0.4, 0.5) is 18.0 Å². The van der Waals surface area contributed by atoms with Gasteiger partial charge in [-0.15, -0.1) is 0 Å². The SMILES string of the molecule is CC.CN1C(=O)OCC1C(F)(F)F. The van der Waals surface area contributed by atoms with Gasteiger partial charge in [0.25, 0.3) is 0 Å². The first-order valence-corrected chi connectivity index (χ1v) is 3.89. The second-order valence-corrected chi connectivity index (χ2v) is 2.25. The number of hydrogen-bond acceptors (Lipinski definition) is 2. The molecule has 0 saturated carbocycles. The maximum absolute atomic E-state index is 11.9. The summed E-state index contributed by atoms with van der Waals surface area (Å²) in [6.45, 7) is 3.40. The number of ether oxygens (including phenoxy) is 1. The number of carbonyl (C=O) groups excluding carboxylic acids is 1. The molecule has 0 radical (unpaired) electrons. The van der Waals surface area contributed by atoms with Crippen molar-refractivity contribution in [2.24, 2.45) is 0 Å². The molecule has 0 aromatic heterocycles. The first kappa shape index (κ1) is 12.1. The molecule has 1 heterocycles. The minimum Gasteiger partial charge on any atom is -0.447 e. The Kier molecular flexibility index (Phi) is 4.03. The van der Waals surface area contributed by atoms with Crippen LogP contribution in [0.15, 0.2) is 0 Å². The molecule has 0 spiro atoms. The Morgan fingerprint density at radius 1 is 1.46 bits per heavy atom. The van der Waals surface area contributed by atoms with Crippen molar-refractivity contribution in [3.05, 3.63) is 0 Å². The normalized spacial score (nSPS) is 22.2. The highest BCUT2D eigenvalue weighted by Gasteiger charge is 2.49. The third-order valence-corrected chi connectivity index (χ3v) is 1.50. The lowest BCUT2D eigenvalue weighted by Crippen LogP contribution is -2.41. The molecule has 0 aliphatic carbocycles. The Balaban J connectivity index is 0.000000671. The van der Waals surface area contributed by atoms with Gasteiger partial charge >= 0.3 is 12.3 Å². The van der Waals surface area contributed by atoms with E-state index in [4.69, 9.17) is 0 Å². The monoisotopic (exact) mass is 199 g/mol. The lowest BCUT2D eigenvalue weighted by molar-refractivity contribution is -0.168. The minimum absolute atomic E-state index is 0.542. The van der Waals surface area contributed by atoms with Gasteiger partial charge in [0.05, 0.1) is 0 Å². The highest BCUT2D eigenvalue weighted by Crippen LogP contribution is 2.27. The highest BCUT2D eigenvalue weighted by atomic mass is 19.4. The molecule has 1 aliphatic rings. The molecular weight excluding hydrogens is 187 g/mol. The molecule has 1 unspecified atom stereocenters. The van der Waals surface area contributed by atoms with Crippen molar-refractivity contribution in [3.63, 3.8) is 0 Å². The average Bonchev–Trinajstić information content (AvgIpc) is 2.36. The zero-order valence-corrected chi connectivity index (χ0v) is 7.68. The van der Waals surface area contributed by atoms with Gasteiger partial charge in [0.1, 0.15) is 6.61 Å². The quantitative estimate of drug-likeness (QED) is 0.597. The van der Waals surface area contributed by atoms with E-state index in [1.807, 2.05) is 13.8 Å². The van der Waals surface area contributed by atoms with Crippen molar-refractivity contribution < 1.29 is 22.7 Å². The molecule has 1 atom stereocenters. The maximum Gasteiger partial charge on any atom is 0.412 e. The second kappa shape index (κ2) is 4.34. The van der Waals surface area contributed by atoms with Crippen LogP contribution in [0.5, 0.6) is 0 Å². The number of carbonyl (C=O) groups is 1. The Labute approximate surface area is 74.5 Å². The number of likely N-dealkylation sites (N-methyl/N-ethyl adjacent to an activating group) is 1. The number of rotatable bonds is 0. The summed E-state index contributed by atoms with van der Waals surface area (Å²) in [6, 6.07) is -1.78. The highest BCUT2D eigenvalue weighted by molar-refractivity contribution is 5.69. The molecule has 1 amide bonds. The summed E-state index contributed by atoms with van der Waals surface area (Å²) in [7, 11) is 1.06. The minimum atomic E-state index is -4.39. The fourth-order valence-electron chi connectivity index (χ4n) is 0.805. The smallest absolute Gasteiger partial charge is 0.412 e. The van der Waals surface area contributed by atoms with E-state index < -0.39 is 24.9 Å². The predicted molar refractivity (Wildman–Crippen MR) is 40.3 cm³/mol. The van der Waals surface area contributed by atoms with E-state index in [0.717, 1.165) is 7.05 Å². The van der Waals surface area contributed by atoms with E-state index in [-0.39, 0.29) is 0 Å².